The number of H-pyrrole nitrogens is 1. The Kier molecular flexibility index (Phi) is 4.68. The van der Waals surface area contributed by atoms with Gasteiger partial charge in [-0.05, 0) is 53.9 Å². The van der Waals surface area contributed by atoms with Crippen LogP contribution in [-0.4, -0.2) is 34.6 Å². The maximum Gasteiger partial charge on any atom is 0.290 e. The monoisotopic (exact) mass is 309 g/mol. The van der Waals surface area contributed by atoms with E-state index in [0.29, 0.717) is 0 Å². The fourth-order valence-electron chi connectivity index (χ4n) is 3.08. The number of nitrogens with zero attached hydrogens (tertiary/aromatic N) is 1. The summed E-state index contributed by atoms with van der Waals surface area (Å²) in [6, 6.07) is 10.8. The molecule has 1 aliphatic heterocycles. The maximum atomic E-state index is 8.36. The Morgan fingerprint density at radius 1 is 1.04 bits per heavy atom. The molecule has 0 bridgehead atoms. The molecule has 5 heteroatoms. The Morgan fingerprint density at radius 3 is 2.57 bits per heavy atom. The number of aromatic amines is 1. The number of carboxylic acid groups (broad SMARTS) is 1. The summed E-state index contributed by atoms with van der Waals surface area (Å²) in [5.41, 5.74) is 6.63. The number of hydrogen-bond acceptors (Lipinski definition) is 3. The van der Waals surface area contributed by atoms with E-state index in [1.54, 1.807) is 0 Å². The van der Waals surface area contributed by atoms with Crippen molar-refractivity contribution in [3.05, 3.63) is 54.0 Å². The van der Waals surface area contributed by atoms with E-state index in [0.717, 1.165) is 25.9 Å². The molecule has 0 fully saturated rings. The van der Waals surface area contributed by atoms with Crippen LogP contribution in [0.2, 0.25) is 0 Å². The van der Waals surface area contributed by atoms with E-state index in [2.05, 4.69) is 45.6 Å². The van der Waals surface area contributed by atoms with Crippen molar-refractivity contribution in [2.24, 2.45) is 0 Å². The van der Waals surface area contributed by atoms with Gasteiger partial charge >= 0.3 is 0 Å². The average Bonchev–Trinajstić information content (AvgIpc) is 2.77. The van der Waals surface area contributed by atoms with Crippen molar-refractivity contribution in [1.82, 2.24) is 15.3 Å². The molecule has 0 saturated heterocycles. The second kappa shape index (κ2) is 7.07. The number of benzene rings is 1. The number of rotatable bonds is 1. The van der Waals surface area contributed by atoms with Crippen LogP contribution in [0.4, 0.5) is 0 Å². The standard InChI is InChI=1S/C17H17N3.CH2O2/c1-2-16-15(11-13(1)12-3-7-18-8-4-12)14-5-9-19-10-6-17(14)20-16;2-1-3/h1-4,7-8,11,19-20H,5-6,9-10H2;1H,(H,2,3). The molecule has 3 aromatic rings. The summed E-state index contributed by atoms with van der Waals surface area (Å²) >= 11 is 0. The Balaban J connectivity index is 0.000000485. The highest BCUT2D eigenvalue weighted by atomic mass is 16.3. The molecule has 1 aliphatic rings. The van der Waals surface area contributed by atoms with E-state index in [1.807, 2.05) is 12.4 Å². The minimum Gasteiger partial charge on any atom is -0.483 e. The van der Waals surface area contributed by atoms with Crippen molar-refractivity contribution in [3.8, 4) is 11.1 Å². The zero-order valence-electron chi connectivity index (χ0n) is 12.7. The fourth-order valence-corrected chi connectivity index (χ4v) is 3.08. The second-order valence-electron chi connectivity index (χ2n) is 5.43. The SMILES string of the molecule is O=CO.c1cc(-c2ccc3[nH]c4c(c3c2)CCNCC4)ccn1. The number of pyridine rings is 1. The van der Waals surface area contributed by atoms with Crippen LogP contribution >= 0.6 is 0 Å². The Bertz CT molecular complexity index is 797. The summed E-state index contributed by atoms with van der Waals surface area (Å²) in [7, 11) is 0. The Morgan fingerprint density at radius 2 is 1.78 bits per heavy atom. The van der Waals surface area contributed by atoms with Crippen LogP contribution in [0.5, 0.6) is 0 Å². The number of hydrogen-bond donors (Lipinski definition) is 3. The van der Waals surface area contributed by atoms with Gasteiger partial charge in [-0.1, -0.05) is 6.07 Å². The predicted octanol–water partition coefficient (Wildman–Crippen LogP) is 2.62. The molecule has 3 heterocycles. The number of carbonyl (C=O) groups is 1. The summed E-state index contributed by atoms with van der Waals surface area (Å²) in [6.07, 6.45) is 5.89. The summed E-state index contributed by atoms with van der Waals surface area (Å²) < 4.78 is 0. The smallest absolute Gasteiger partial charge is 0.290 e. The lowest BCUT2D eigenvalue weighted by Crippen LogP contribution is -2.16. The van der Waals surface area contributed by atoms with Gasteiger partial charge in [-0.2, -0.15) is 0 Å². The van der Waals surface area contributed by atoms with E-state index in [-0.39, 0.29) is 6.47 Å². The first kappa shape index (κ1) is 15.2. The molecule has 0 aliphatic carbocycles. The normalized spacial score (nSPS) is 13.6. The van der Waals surface area contributed by atoms with Gasteiger partial charge in [0.2, 0.25) is 0 Å². The van der Waals surface area contributed by atoms with E-state index in [9.17, 15) is 0 Å². The Labute approximate surface area is 134 Å². The number of fused-ring (bicyclic) bond motifs is 3. The van der Waals surface area contributed by atoms with Gasteiger partial charge in [0, 0.05) is 42.0 Å². The zero-order chi connectivity index (χ0) is 16.1. The quantitative estimate of drug-likeness (QED) is 0.604. The second-order valence-corrected chi connectivity index (χ2v) is 5.43. The van der Waals surface area contributed by atoms with Crippen molar-refractivity contribution in [1.29, 1.82) is 0 Å². The molecule has 5 nitrogen and oxygen atoms in total. The predicted molar refractivity (Wildman–Crippen MR) is 90.5 cm³/mol. The van der Waals surface area contributed by atoms with Gasteiger partial charge in [0.15, 0.2) is 0 Å². The van der Waals surface area contributed by atoms with Gasteiger partial charge in [-0.25, -0.2) is 0 Å². The molecule has 0 spiro atoms. The molecule has 2 aromatic heterocycles. The van der Waals surface area contributed by atoms with Crippen LogP contribution in [0.15, 0.2) is 42.7 Å². The van der Waals surface area contributed by atoms with E-state index < -0.39 is 0 Å². The molecule has 1 aromatic carbocycles. The molecule has 3 N–H and O–H groups in total. The van der Waals surface area contributed by atoms with Crippen molar-refractivity contribution < 1.29 is 9.90 Å². The molecule has 4 rings (SSSR count). The molecule has 118 valence electrons. The Hall–Kier alpha value is -2.66. The summed E-state index contributed by atoms with van der Waals surface area (Å²) in [5.74, 6) is 0. The molecular weight excluding hydrogens is 290 g/mol. The number of nitrogens with one attached hydrogen (secondary N) is 2. The van der Waals surface area contributed by atoms with E-state index in [4.69, 9.17) is 9.90 Å². The van der Waals surface area contributed by atoms with Crippen molar-refractivity contribution in [3.63, 3.8) is 0 Å². The summed E-state index contributed by atoms with van der Waals surface area (Å²) in [6.45, 7) is 1.89. The van der Waals surface area contributed by atoms with E-state index in [1.165, 1.54) is 33.3 Å². The topological polar surface area (TPSA) is 78.0 Å². The largest absolute Gasteiger partial charge is 0.483 e. The molecule has 0 radical (unpaired) electrons. The highest BCUT2D eigenvalue weighted by Crippen LogP contribution is 2.29. The molecular formula is C18H19N3O2. The molecule has 0 amide bonds. The summed E-state index contributed by atoms with van der Waals surface area (Å²) in [5, 5.41) is 11.7. The van der Waals surface area contributed by atoms with Crippen LogP contribution < -0.4 is 5.32 Å². The highest BCUT2D eigenvalue weighted by Gasteiger charge is 2.14. The van der Waals surface area contributed by atoms with Gasteiger partial charge in [0.05, 0.1) is 0 Å². The third-order valence-corrected chi connectivity index (χ3v) is 4.11. The first-order chi connectivity index (χ1) is 11.3. The van der Waals surface area contributed by atoms with Crippen LogP contribution in [0.3, 0.4) is 0 Å². The maximum absolute atomic E-state index is 8.36. The van der Waals surface area contributed by atoms with E-state index >= 15 is 0 Å². The van der Waals surface area contributed by atoms with Crippen molar-refractivity contribution in [2.75, 3.05) is 13.1 Å². The first-order valence-electron chi connectivity index (χ1n) is 7.66. The van der Waals surface area contributed by atoms with Gasteiger partial charge in [0.25, 0.3) is 6.47 Å². The highest BCUT2D eigenvalue weighted by molar-refractivity contribution is 5.89. The van der Waals surface area contributed by atoms with Crippen LogP contribution in [0, 0.1) is 0 Å². The molecule has 0 saturated carbocycles. The van der Waals surface area contributed by atoms with Crippen molar-refractivity contribution in [2.45, 2.75) is 12.8 Å². The summed E-state index contributed by atoms with van der Waals surface area (Å²) in [4.78, 5) is 16.0. The average molecular weight is 309 g/mol. The van der Waals surface area contributed by atoms with Crippen LogP contribution in [-0.2, 0) is 17.6 Å². The third kappa shape index (κ3) is 3.24. The van der Waals surface area contributed by atoms with Crippen molar-refractivity contribution >= 4 is 17.4 Å². The molecule has 0 unspecified atom stereocenters. The van der Waals surface area contributed by atoms with Gasteiger partial charge in [-0.3, -0.25) is 9.78 Å². The minimum atomic E-state index is -0.250. The molecule has 23 heavy (non-hydrogen) atoms. The fraction of sp³-hybridized carbons (Fsp3) is 0.222. The lowest BCUT2D eigenvalue weighted by Gasteiger charge is -2.03. The molecule has 0 atom stereocenters. The van der Waals surface area contributed by atoms with Crippen LogP contribution in [0.25, 0.3) is 22.0 Å². The van der Waals surface area contributed by atoms with Gasteiger partial charge in [-0.15, -0.1) is 0 Å². The zero-order valence-corrected chi connectivity index (χ0v) is 12.7. The minimum absolute atomic E-state index is 0.250. The lowest BCUT2D eigenvalue weighted by molar-refractivity contribution is -0.122. The van der Waals surface area contributed by atoms with Crippen LogP contribution in [0.1, 0.15) is 11.3 Å². The van der Waals surface area contributed by atoms with Gasteiger partial charge in [0.1, 0.15) is 0 Å². The lowest BCUT2D eigenvalue weighted by atomic mass is 10.0. The first-order valence-corrected chi connectivity index (χ1v) is 7.66. The van der Waals surface area contributed by atoms with Gasteiger partial charge < -0.3 is 15.4 Å². The third-order valence-electron chi connectivity index (χ3n) is 4.11. The number of aromatic nitrogens is 2.